The molecule has 2 amide bonds. The minimum absolute atomic E-state index is 0.0492. The number of nitrogens with zero attached hydrogens (tertiary/aromatic N) is 7. The Bertz CT molecular complexity index is 2430. The van der Waals surface area contributed by atoms with Gasteiger partial charge in [0.1, 0.15) is 23.3 Å². The summed E-state index contributed by atoms with van der Waals surface area (Å²) in [5.74, 6) is -1.79. The van der Waals surface area contributed by atoms with Crippen molar-refractivity contribution in [2.45, 2.75) is 63.3 Å². The summed E-state index contributed by atoms with van der Waals surface area (Å²) in [6, 6.07) is 14.8. The number of amides is 2. The Morgan fingerprint density at radius 3 is 2.30 bits per heavy atom. The van der Waals surface area contributed by atoms with Crippen LogP contribution in [0.15, 0.2) is 65.7 Å². The maximum Gasteiger partial charge on any atom is 0.282 e. The predicted octanol–water partition coefficient (Wildman–Crippen LogP) is 5.97. The van der Waals surface area contributed by atoms with Crippen molar-refractivity contribution < 1.29 is 18.4 Å². The number of halogens is 3. The van der Waals surface area contributed by atoms with Crippen molar-refractivity contribution in [2.75, 3.05) is 49.1 Å². The van der Waals surface area contributed by atoms with Crippen LogP contribution in [-0.4, -0.2) is 75.5 Å². The highest BCUT2D eigenvalue weighted by molar-refractivity contribution is 6.35. The van der Waals surface area contributed by atoms with Gasteiger partial charge in [0, 0.05) is 50.4 Å². The van der Waals surface area contributed by atoms with Crippen molar-refractivity contribution in [1.82, 2.24) is 29.7 Å². The molecule has 0 aliphatic carbocycles. The second-order valence-corrected chi connectivity index (χ2v) is 16.2. The van der Waals surface area contributed by atoms with E-state index in [-0.39, 0.29) is 24.0 Å². The molecular formula is C42H41ClF2N8O3. The van der Waals surface area contributed by atoms with Crippen LogP contribution in [0.2, 0.25) is 5.02 Å². The number of carbonyl (C=O) groups is 2. The first-order chi connectivity index (χ1) is 27.0. The lowest BCUT2D eigenvalue weighted by Gasteiger charge is -2.37. The summed E-state index contributed by atoms with van der Waals surface area (Å²) in [5.41, 5.74) is 4.58. The van der Waals surface area contributed by atoms with Crippen molar-refractivity contribution in [3.8, 4) is 5.69 Å². The van der Waals surface area contributed by atoms with Crippen LogP contribution in [0.4, 0.5) is 20.3 Å². The summed E-state index contributed by atoms with van der Waals surface area (Å²) in [7, 11) is 0. The van der Waals surface area contributed by atoms with E-state index >= 15 is 8.78 Å². The fraction of sp³-hybridized carbons (Fsp3) is 0.381. The Hall–Kier alpha value is -5.27. The summed E-state index contributed by atoms with van der Waals surface area (Å²) in [6.07, 6.45) is 5.78. The molecule has 5 aromatic rings. The van der Waals surface area contributed by atoms with Gasteiger partial charge in [-0.15, -0.1) is 0 Å². The van der Waals surface area contributed by atoms with Gasteiger partial charge in [-0.1, -0.05) is 29.8 Å². The Morgan fingerprint density at radius 2 is 1.61 bits per heavy atom. The summed E-state index contributed by atoms with van der Waals surface area (Å²) in [5, 5.41) is 3.03. The SMILES string of the molecule is CC1(C)c2ccc(C3CCN(Cc4cnc(N5CCN(c6cc(F)c(C7CCC(=O)NC7=O)c(F)c6)CC5)cn4)CC3)cc2-n2c1nc(=O)c1c(Cl)cccc12. The molecule has 3 saturated heterocycles. The molecule has 1 unspecified atom stereocenters. The average Bonchev–Trinajstić information content (AvgIpc) is 3.41. The van der Waals surface area contributed by atoms with Gasteiger partial charge in [-0.05, 0) is 93.6 Å². The number of rotatable bonds is 6. The van der Waals surface area contributed by atoms with Crippen molar-refractivity contribution >= 4 is 45.8 Å². The van der Waals surface area contributed by atoms with Crippen LogP contribution in [0.1, 0.15) is 79.6 Å². The molecule has 11 nitrogen and oxygen atoms in total. The Morgan fingerprint density at radius 1 is 0.875 bits per heavy atom. The lowest BCUT2D eigenvalue weighted by atomic mass is 9.83. The van der Waals surface area contributed by atoms with E-state index in [1.165, 1.54) is 17.7 Å². The minimum Gasteiger partial charge on any atom is -0.368 e. The molecular weight excluding hydrogens is 738 g/mol. The largest absolute Gasteiger partial charge is 0.368 e. The number of imide groups is 1. The Labute approximate surface area is 327 Å². The molecule has 0 bridgehead atoms. The van der Waals surface area contributed by atoms with Crippen LogP contribution in [0.25, 0.3) is 16.6 Å². The monoisotopic (exact) mass is 778 g/mol. The van der Waals surface area contributed by atoms with E-state index in [0.717, 1.165) is 60.0 Å². The topological polar surface area (TPSA) is 117 Å². The highest BCUT2D eigenvalue weighted by Gasteiger charge is 2.39. The third-order valence-corrected chi connectivity index (χ3v) is 12.4. The zero-order chi connectivity index (χ0) is 38.9. The molecule has 14 heteroatoms. The van der Waals surface area contributed by atoms with E-state index in [9.17, 15) is 14.4 Å². The Balaban J connectivity index is 0.810. The quantitative estimate of drug-likeness (QED) is 0.208. The molecule has 3 aromatic carbocycles. The molecule has 0 spiro atoms. The van der Waals surface area contributed by atoms with E-state index in [2.05, 4.69) is 56.7 Å². The second-order valence-electron chi connectivity index (χ2n) is 15.8. The highest BCUT2D eigenvalue weighted by atomic mass is 35.5. The molecule has 0 saturated carbocycles. The predicted molar refractivity (Wildman–Crippen MR) is 210 cm³/mol. The van der Waals surface area contributed by atoms with Crippen LogP contribution in [0.3, 0.4) is 0 Å². The standard InChI is InChI=1S/C42H41ClF2N8O3/c1-42(2)29-8-6-25(18-34(29)53-33-5-3-4-30(43)38(33)40(56)49-41(42)53)24-10-12-50(13-11-24)23-26-21-47-35(22-46-26)52-16-14-51(15-17-52)27-19-31(44)37(32(45)20-27)28-7-9-36(54)48-39(28)55/h3-6,8,18-22,24,28H,7,9-17,23H2,1-2H3,(H,48,54,55). The van der Waals surface area contributed by atoms with Gasteiger partial charge in [0.05, 0.1) is 51.0 Å². The highest BCUT2D eigenvalue weighted by Crippen LogP contribution is 2.45. The molecule has 4 aliphatic rings. The molecule has 56 heavy (non-hydrogen) atoms. The molecule has 1 atom stereocenters. The van der Waals surface area contributed by atoms with Gasteiger partial charge in [0.2, 0.25) is 11.8 Å². The molecule has 9 rings (SSSR count). The van der Waals surface area contributed by atoms with E-state index < -0.39 is 34.8 Å². The molecule has 6 heterocycles. The van der Waals surface area contributed by atoms with Gasteiger partial charge in [0.15, 0.2) is 0 Å². The van der Waals surface area contributed by atoms with Gasteiger partial charge in [-0.3, -0.25) is 34.2 Å². The number of benzene rings is 3. The van der Waals surface area contributed by atoms with Crippen LogP contribution in [-0.2, 0) is 21.5 Å². The van der Waals surface area contributed by atoms with E-state index in [1.807, 2.05) is 23.2 Å². The third kappa shape index (κ3) is 6.30. The summed E-state index contributed by atoms with van der Waals surface area (Å²) in [6.45, 7) is 9.06. The first-order valence-electron chi connectivity index (χ1n) is 19.2. The molecule has 3 fully saturated rings. The van der Waals surface area contributed by atoms with Crippen molar-refractivity contribution in [1.29, 1.82) is 0 Å². The molecule has 4 aliphatic heterocycles. The smallest absolute Gasteiger partial charge is 0.282 e. The van der Waals surface area contributed by atoms with E-state index in [1.54, 1.807) is 12.3 Å². The number of fused-ring (bicyclic) bond motifs is 5. The van der Waals surface area contributed by atoms with Crippen LogP contribution >= 0.6 is 11.6 Å². The van der Waals surface area contributed by atoms with Crippen LogP contribution in [0.5, 0.6) is 0 Å². The number of anilines is 2. The van der Waals surface area contributed by atoms with Gasteiger partial charge in [-0.2, -0.15) is 4.98 Å². The van der Waals surface area contributed by atoms with Gasteiger partial charge in [-0.25, -0.2) is 13.8 Å². The van der Waals surface area contributed by atoms with Gasteiger partial charge >= 0.3 is 0 Å². The van der Waals surface area contributed by atoms with Crippen LogP contribution in [0, 0.1) is 11.6 Å². The lowest BCUT2D eigenvalue weighted by molar-refractivity contribution is -0.134. The number of aromatic nitrogens is 4. The van der Waals surface area contributed by atoms with E-state index in [0.29, 0.717) is 54.7 Å². The average molecular weight is 779 g/mol. The number of nitrogens with one attached hydrogen (secondary N) is 1. The minimum atomic E-state index is -1.02. The zero-order valence-corrected chi connectivity index (χ0v) is 32.0. The van der Waals surface area contributed by atoms with Gasteiger partial charge < -0.3 is 9.80 Å². The lowest BCUT2D eigenvalue weighted by Crippen LogP contribution is -2.47. The van der Waals surface area contributed by atoms with Gasteiger partial charge in [0.25, 0.3) is 5.56 Å². The first kappa shape index (κ1) is 36.4. The summed E-state index contributed by atoms with van der Waals surface area (Å²) >= 11 is 6.49. The fourth-order valence-electron chi connectivity index (χ4n) is 9.02. The van der Waals surface area contributed by atoms with Crippen molar-refractivity contribution in [3.63, 3.8) is 0 Å². The zero-order valence-electron chi connectivity index (χ0n) is 31.2. The fourth-order valence-corrected chi connectivity index (χ4v) is 9.27. The number of hydrogen-bond donors (Lipinski definition) is 1. The summed E-state index contributed by atoms with van der Waals surface area (Å²) in [4.78, 5) is 57.3. The first-order valence-corrected chi connectivity index (χ1v) is 19.6. The number of piperazine rings is 1. The Kier molecular flexibility index (Phi) is 9.12. The molecule has 288 valence electrons. The number of likely N-dealkylation sites (tertiary alicyclic amines) is 1. The van der Waals surface area contributed by atoms with Crippen LogP contribution < -0.4 is 20.7 Å². The number of piperidine rings is 2. The maximum absolute atomic E-state index is 15.2. The maximum atomic E-state index is 15.2. The number of hydrogen-bond acceptors (Lipinski definition) is 9. The molecule has 1 N–H and O–H groups in total. The second kappa shape index (κ2) is 14.0. The normalized spacial score (nSPS) is 20.0. The van der Waals surface area contributed by atoms with Crippen molar-refractivity contribution in [2.24, 2.45) is 0 Å². The summed E-state index contributed by atoms with van der Waals surface area (Å²) < 4.78 is 32.4. The number of carbonyl (C=O) groups excluding carboxylic acids is 2. The van der Waals surface area contributed by atoms with E-state index in [4.69, 9.17) is 21.6 Å². The molecule has 2 aromatic heterocycles. The molecule has 0 radical (unpaired) electrons. The van der Waals surface area contributed by atoms with Crippen molar-refractivity contribution in [3.05, 3.63) is 116 Å². The third-order valence-electron chi connectivity index (χ3n) is 12.1.